The minimum absolute atomic E-state index is 0.0670. The van der Waals surface area contributed by atoms with E-state index in [9.17, 15) is 16.8 Å². The molecule has 4 aromatic carbocycles. The van der Waals surface area contributed by atoms with Gasteiger partial charge in [-0.05, 0) is 0 Å². The van der Waals surface area contributed by atoms with Gasteiger partial charge in [0.1, 0.15) is 0 Å². The van der Waals surface area contributed by atoms with Gasteiger partial charge in [-0.25, -0.2) is 0 Å². The summed E-state index contributed by atoms with van der Waals surface area (Å²) in [6, 6.07) is 33.2. The van der Waals surface area contributed by atoms with Crippen LogP contribution in [0.3, 0.4) is 0 Å². The molecule has 0 amide bonds. The fourth-order valence-corrected chi connectivity index (χ4v) is 10.1. The molecule has 34 heavy (non-hydrogen) atoms. The number of hydrogen-bond donors (Lipinski definition) is 0. The van der Waals surface area contributed by atoms with Crippen molar-refractivity contribution in [3.8, 4) is 0 Å². The summed E-state index contributed by atoms with van der Waals surface area (Å²) in [5.74, 6) is 0. The van der Waals surface area contributed by atoms with Crippen LogP contribution in [0.15, 0.2) is 131 Å². The zero-order valence-corrected chi connectivity index (χ0v) is 21.5. The van der Waals surface area contributed by atoms with E-state index in [1.807, 2.05) is 36.4 Å². The van der Waals surface area contributed by atoms with Gasteiger partial charge in [0.2, 0.25) is 0 Å². The van der Waals surface area contributed by atoms with Crippen molar-refractivity contribution >= 4 is 39.5 Å². The Bertz CT molecular complexity index is 1350. The van der Waals surface area contributed by atoms with Crippen LogP contribution in [-0.4, -0.2) is 35.5 Å². The molecule has 4 aromatic rings. The third-order valence-electron chi connectivity index (χ3n) is 5.15. The average molecular weight is 557 g/mol. The second-order valence-corrected chi connectivity index (χ2v) is 13.6. The van der Waals surface area contributed by atoms with E-state index in [4.69, 9.17) is 0 Å². The molecule has 0 aliphatic rings. The van der Waals surface area contributed by atoms with Gasteiger partial charge in [-0.1, -0.05) is 0 Å². The first-order valence-electron chi connectivity index (χ1n) is 10.5. The third-order valence-corrected chi connectivity index (χ3v) is 11.8. The van der Waals surface area contributed by atoms with Crippen LogP contribution < -0.4 is 4.46 Å². The maximum atomic E-state index is 13.9. The molecule has 0 saturated heterocycles. The second kappa shape index (κ2) is 10.7. The molecule has 0 aromatic heterocycles. The van der Waals surface area contributed by atoms with Crippen molar-refractivity contribution < 1.29 is 16.8 Å². The SMILES string of the molecule is O=S(=O)(c1ccccc1)N(C(C[Se]c1ccccc1)c1ccccc1)S(=O)(=O)c1ccccc1. The summed E-state index contributed by atoms with van der Waals surface area (Å²) < 4.78 is 57.5. The Morgan fingerprint density at radius 3 is 1.38 bits per heavy atom. The Kier molecular flexibility index (Phi) is 7.66. The number of hydrogen-bond acceptors (Lipinski definition) is 4. The molecule has 0 bridgehead atoms. The molecule has 1 atom stereocenters. The van der Waals surface area contributed by atoms with E-state index in [0.717, 1.165) is 4.46 Å². The molecular weight excluding hydrogens is 533 g/mol. The number of nitrogens with zero attached hydrogens (tertiary/aromatic N) is 1. The van der Waals surface area contributed by atoms with Gasteiger partial charge >= 0.3 is 208 Å². The van der Waals surface area contributed by atoms with Crippen molar-refractivity contribution in [1.29, 1.82) is 0 Å². The molecule has 0 heterocycles. The Labute approximate surface area is 207 Å². The van der Waals surface area contributed by atoms with E-state index in [2.05, 4.69) is 0 Å². The van der Waals surface area contributed by atoms with Gasteiger partial charge in [-0.3, -0.25) is 0 Å². The summed E-state index contributed by atoms with van der Waals surface area (Å²) in [4.78, 5) is -0.134. The molecule has 0 saturated carbocycles. The Morgan fingerprint density at radius 2 is 0.941 bits per heavy atom. The monoisotopic (exact) mass is 557 g/mol. The first-order valence-corrected chi connectivity index (χ1v) is 15.5. The van der Waals surface area contributed by atoms with E-state index >= 15 is 0 Å². The van der Waals surface area contributed by atoms with E-state index in [1.165, 1.54) is 24.3 Å². The van der Waals surface area contributed by atoms with Crippen LogP contribution in [0.25, 0.3) is 0 Å². The van der Waals surface area contributed by atoms with Crippen LogP contribution in [-0.2, 0) is 20.0 Å². The van der Waals surface area contributed by atoms with Crippen LogP contribution in [0, 0.1) is 0 Å². The summed E-state index contributed by atoms with van der Waals surface area (Å²) in [7, 11) is -8.81. The molecule has 0 spiro atoms. The fourth-order valence-electron chi connectivity index (χ4n) is 3.50. The first-order chi connectivity index (χ1) is 16.4. The van der Waals surface area contributed by atoms with Gasteiger partial charge in [0, 0.05) is 0 Å². The van der Waals surface area contributed by atoms with Gasteiger partial charge < -0.3 is 0 Å². The zero-order valence-electron chi connectivity index (χ0n) is 18.1. The van der Waals surface area contributed by atoms with Crippen molar-refractivity contribution in [1.82, 2.24) is 3.71 Å². The molecular formula is C26H23NO4S2Se. The van der Waals surface area contributed by atoms with Gasteiger partial charge in [0.25, 0.3) is 0 Å². The van der Waals surface area contributed by atoms with Crippen LogP contribution >= 0.6 is 0 Å². The number of rotatable bonds is 9. The van der Waals surface area contributed by atoms with Gasteiger partial charge in [-0.2, -0.15) is 0 Å². The van der Waals surface area contributed by atoms with Gasteiger partial charge in [0.05, 0.1) is 0 Å². The van der Waals surface area contributed by atoms with E-state index < -0.39 is 26.1 Å². The normalized spacial score (nSPS) is 13.0. The molecule has 4 rings (SSSR count). The quantitative estimate of drug-likeness (QED) is 0.289. The summed E-state index contributed by atoms with van der Waals surface area (Å²) in [5.41, 5.74) is 0.624. The molecule has 174 valence electrons. The predicted octanol–water partition coefficient (Wildman–Crippen LogP) is 4.26. The van der Waals surface area contributed by atoms with Crippen LogP contribution in [0.4, 0.5) is 0 Å². The summed E-state index contributed by atoms with van der Waals surface area (Å²) >= 11 is -0.168. The Balaban J connectivity index is 1.89. The molecule has 5 nitrogen and oxygen atoms in total. The van der Waals surface area contributed by atoms with Crippen molar-refractivity contribution in [2.24, 2.45) is 0 Å². The standard InChI is InChI=1S/C26H23NO4S2Se/c28-32(29,23-15-7-2-8-16-23)27(33(30,31)24-17-9-3-10-18-24)26(22-13-5-1-6-14-22)21-34-25-19-11-4-12-20-25/h1-20,26H,21H2. The van der Waals surface area contributed by atoms with Gasteiger partial charge in [-0.15, -0.1) is 0 Å². The molecule has 0 aliphatic heterocycles. The molecule has 1 unspecified atom stereocenters. The average Bonchev–Trinajstić information content (AvgIpc) is 2.88. The molecule has 0 radical (unpaired) electrons. The second-order valence-electron chi connectivity index (χ2n) is 7.41. The minimum atomic E-state index is -4.40. The van der Waals surface area contributed by atoms with E-state index in [1.54, 1.807) is 60.7 Å². The summed E-state index contributed by atoms with van der Waals surface area (Å²) in [6.45, 7) is 0. The Morgan fingerprint density at radius 1 is 0.559 bits per heavy atom. The molecule has 0 aliphatic carbocycles. The number of benzene rings is 4. The van der Waals surface area contributed by atoms with Crippen molar-refractivity contribution in [2.75, 3.05) is 0 Å². The summed E-state index contributed by atoms with van der Waals surface area (Å²) in [5, 5.41) is 0.346. The van der Waals surface area contributed by atoms with Crippen LogP contribution in [0.1, 0.15) is 11.6 Å². The van der Waals surface area contributed by atoms with Crippen molar-refractivity contribution in [3.63, 3.8) is 0 Å². The van der Waals surface area contributed by atoms with E-state index in [-0.39, 0.29) is 24.7 Å². The number of sulfonamides is 2. The first kappa shape index (κ1) is 24.4. The van der Waals surface area contributed by atoms with Gasteiger partial charge in [0.15, 0.2) is 0 Å². The van der Waals surface area contributed by atoms with E-state index in [0.29, 0.717) is 14.6 Å². The van der Waals surface area contributed by atoms with Crippen molar-refractivity contribution in [2.45, 2.75) is 21.2 Å². The predicted molar refractivity (Wildman–Crippen MR) is 135 cm³/mol. The van der Waals surface area contributed by atoms with Crippen molar-refractivity contribution in [3.05, 3.63) is 127 Å². The fraction of sp³-hybridized carbons (Fsp3) is 0.0769. The zero-order chi connectivity index (χ0) is 24.0. The van der Waals surface area contributed by atoms with Crippen LogP contribution in [0.2, 0.25) is 5.32 Å². The molecule has 8 heteroatoms. The third kappa shape index (κ3) is 5.32. The summed E-state index contributed by atoms with van der Waals surface area (Å²) in [6.07, 6.45) is 0. The topological polar surface area (TPSA) is 71.5 Å². The Hall–Kier alpha value is -2.74. The molecule has 0 N–H and O–H groups in total. The molecule has 0 fully saturated rings. The van der Waals surface area contributed by atoms with Crippen LogP contribution in [0.5, 0.6) is 0 Å². The maximum absolute atomic E-state index is 13.9.